The molecular formula is C22H22N2O4S. The molecule has 29 heavy (non-hydrogen) atoms. The first-order chi connectivity index (χ1) is 14.0. The largest absolute Gasteiger partial charge is 0.456 e. The number of carbonyl (C=O) groups is 2. The van der Waals surface area contributed by atoms with Crippen molar-refractivity contribution in [2.75, 3.05) is 12.4 Å². The molecule has 0 aliphatic rings. The van der Waals surface area contributed by atoms with Gasteiger partial charge in [0, 0.05) is 18.2 Å². The number of benzene rings is 2. The van der Waals surface area contributed by atoms with Gasteiger partial charge in [0.25, 0.3) is 0 Å². The highest BCUT2D eigenvalue weighted by molar-refractivity contribution is 7.09. The van der Waals surface area contributed by atoms with Crippen molar-refractivity contribution in [2.45, 2.75) is 26.6 Å². The Labute approximate surface area is 173 Å². The van der Waals surface area contributed by atoms with Crippen molar-refractivity contribution in [2.24, 2.45) is 0 Å². The van der Waals surface area contributed by atoms with Gasteiger partial charge in [0.1, 0.15) is 11.6 Å². The second-order valence-corrected chi connectivity index (χ2v) is 7.42. The van der Waals surface area contributed by atoms with Crippen LogP contribution in [0.4, 0.5) is 5.69 Å². The summed E-state index contributed by atoms with van der Waals surface area (Å²) < 4.78 is 10.4. The van der Waals surface area contributed by atoms with Gasteiger partial charge in [-0.1, -0.05) is 30.3 Å². The van der Waals surface area contributed by atoms with Gasteiger partial charge in [-0.3, -0.25) is 4.79 Å². The van der Waals surface area contributed by atoms with Crippen LogP contribution in [0.25, 0.3) is 0 Å². The lowest BCUT2D eigenvalue weighted by molar-refractivity contribution is -0.115. The van der Waals surface area contributed by atoms with Crippen molar-refractivity contribution < 1.29 is 19.1 Å². The van der Waals surface area contributed by atoms with Crippen molar-refractivity contribution in [3.05, 3.63) is 81.3 Å². The predicted molar refractivity (Wildman–Crippen MR) is 112 cm³/mol. The first kappa shape index (κ1) is 20.7. The lowest BCUT2D eigenvalue weighted by Crippen LogP contribution is -2.15. The van der Waals surface area contributed by atoms with E-state index in [9.17, 15) is 9.59 Å². The van der Waals surface area contributed by atoms with Gasteiger partial charge in [-0.05, 0) is 36.2 Å². The predicted octanol–water partition coefficient (Wildman–Crippen LogP) is 4.14. The minimum absolute atomic E-state index is 0.0641. The molecular weight excluding hydrogens is 388 g/mol. The van der Waals surface area contributed by atoms with Gasteiger partial charge in [0.15, 0.2) is 0 Å². The van der Waals surface area contributed by atoms with Gasteiger partial charge in [0.05, 0.1) is 24.3 Å². The number of anilines is 1. The minimum atomic E-state index is -0.416. The number of aryl methyl sites for hydroxylation is 1. The van der Waals surface area contributed by atoms with Gasteiger partial charge in [0.2, 0.25) is 5.91 Å². The van der Waals surface area contributed by atoms with Crippen LogP contribution in [0.1, 0.15) is 32.2 Å². The highest BCUT2D eigenvalue weighted by Gasteiger charge is 2.12. The number of carbonyl (C=O) groups excluding carboxylic acids is 2. The normalized spacial score (nSPS) is 10.6. The number of aromatic nitrogens is 1. The van der Waals surface area contributed by atoms with Gasteiger partial charge in [-0.25, -0.2) is 9.78 Å². The zero-order valence-corrected chi connectivity index (χ0v) is 17.1. The van der Waals surface area contributed by atoms with Crippen LogP contribution in [0, 0.1) is 6.92 Å². The molecule has 0 saturated carbocycles. The van der Waals surface area contributed by atoms with Crippen molar-refractivity contribution in [3.8, 4) is 0 Å². The number of nitrogens with zero attached hydrogens (tertiary/aromatic N) is 1. The number of rotatable bonds is 8. The molecule has 1 N–H and O–H groups in total. The molecule has 0 atom stereocenters. The molecule has 0 aliphatic heterocycles. The van der Waals surface area contributed by atoms with Crippen LogP contribution in [0.15, 0.2) is 53.9 Å². The molecule has 2 aromatic carbocycles. The summed E-state index contributed by atoms with van der Waals surface area (Å²) in [5, 5.41) is 5.36. The fraction of sp³-hybridized carbons (Fsp3) is 0.227. The minimum Gasteiger partial charge on any atom is -0.456 e. The van der Waals surface area contributed by atoms with E-state index in [1.54, 1.807) is 24.6 Å². The van der Waals surface area contributed by atoms with Crippen LogP contribution >= 0.6 is 11.3 Å². The topological polar surface area (TPSA) is 77.5 Å². The molecule has 150 valence electrons. The number of nitrogens with one attached hydrogen (secondary N) is 1. The van der Waals surface area contributed by atoms with E-state index in [1.165, 1.54) is 11.3 Å². The molecule has 0 saturated heterocycles. The van der Waals surface area contributed by atoms with E-state index in [2.05, 4.69) is 10.3 Å². The van der Waals surface area contributed by atoms with E-state index < -0.39 is 5.97 Å². The molecule has 7 heteroatoms. The Morgan fingerprint density at radius 2 is 1.83 bits per heavy atom. The van der Waals surface area contributed by atoms with Crippen molar-refractivity contribution >= 4 is 28.9 Å². The van der Waals surface area contributed by atoms with Gasteiger partial charge in [-0.2, -0.15) is 0 Å². The number of thiazole rings is 1. The molecule has 0 spiro atoms. The summed E-state index contributed by atoms with van der Waals surface area (Å²) >= 11 is 1.37. The lowest BCUT2D eigenvalue weighted by Gasteiger charge is -2.06. The van der Waals surface area contributed by atoms with Gasteiger partial charge in [-0.15, -0.1) is 11.3 Å². The first-order valence-electron chi connectivity index (χ1n) is 9.09. The molecule has 6 nitrogen and oxygen atoms in total. The standard InChI is InChI=1S/C22H22N2O4S/c1-15-5-3-4-6-19(15)24-20(25)11-21-23-18(14-29-21)13-28-22(26)17-9-7-16(8-10-17)12-27-2/h3-10,14H,11-13H2,1-2H3,(H,24,25). The average molecular weight is 410 g/mol. The summed E-state index contributed by atoms with van der Waals surface area (Å²) in [4.78, 5) is 28.8. The highest BCUT2D eigenvalue weighted by Crippen LogP contribution is 2.16. The molecule has 1 aromatic heterocycles. The number of ether oxygens (including phenoxy) is 2. The second kappa shape index (κ2) is 9.95. The molecule has 3 rings (SSSR count). The summed E-state index contributed by atoms with van der Waals surface area (Å²) in [7, 11) is 1.62. The first-order valence-corrected chi connectivity index (χ1v) is 9.97. The second-order valence-electron chi connectivity index (χ2n) is 6.48. The maximum absolute atomic E-state index is 12.2. The van der Waals surface area contributed by atoms with E-state index in [1.807, 2.05) is 43.3 Å². The third-order valence-electron chi connectivity index (χ3n) is 4.18. The summed E-state index contributed by atoms with van der Waals surface area (Å²) in [5.74, 6) is -0.547. The zero-order valence-electron chi connectivity index (χ0n) is 16.3. The van der Waals surface area contributed by atoms with Crippen LogP contribution in [0.3, 0.4) is 0 Å². The molecule has 0 aliphatic carbocycles. The Morgan fingerprint density at radius 3 is 2.55 bits per heavy atom. The summed E-state index contributed by atoms with van der Waals surface area (Å²) in [5.41, 5.74) is 3.87. The Kier molecular flexibility index (Phi) is 7.10. The maximum atomic E-state index is 12.2. The van der Waals surface area contributed by atoms with E-state index in [0.717, 1.165) is 16.8 Å². The Hall–Kier alpha value is -3.03. The van der Waals surface area contributed by atoms with Crippen molar-refractivity contribution in [1.82, 2.24) is 4.98 Å². The fourth-order valence-electron chi connectivity index (χ4n) is 2.67. The van der Waals surface area contributed by atoms with E-state index >= 15 is 0 Å². The van der Waals surface area contributed by atoms with E-state index in [0.29, 0.717) is 22.9 Å². The SMILES string of the molecule is COCc1ccc(C(=O)OCc2csc(CC(=O)Nc3ccccc3C)n2)cc1. The number of amides is 1. The summed E-state index contributed by atoms with van der Waals surface area (Å²) in [6.45, 7) is 2.50. The molecule has 3 aromatic rings. The monoisotopic (exact) mass is 410 g/mol. The quantitative estimate of drug-likeness (QED) is 0.565. The highest BCUT2D eigenvalue weighted by atomic mass is 32.1. The third kappa shape index (κ3) is 5.97. The van der Waals surface area contributed by atoms with Crippen molar-refractivity contribution in [3.63, 3.8) is 0 Å². The molecule has 0 fully saturated rings. The van der Waals surface area contributed by atoms with Crippen molar-refractivity contribution in [1.29, 1.82) is 0 Å². The van der Waals surface area contributed by atoms with E-state index in [4.69, 9.17) is 9.47 Å². The zero-order chi connectivity index (χ0) is 20.6. The molecule has 1 amide bonds. The van der Waals surface area contributed by atoms with Crippen LogP contribution in [0.5, 0.6) is 0 Å². The molecule has 1 heterocycles. The summed E-state index contributed by atoms with van der Waals surface area (Å²) in [6, 6.07) is 14.7. The average Bonchev–Trinajstić information content (AvgIpc) is 3.16. The summed E-state index contributed by atoms with van der Waals surface area (Å²) in [6.07, 6.45) is 0.175. The number of esters is 1. The van der Waals surface area contributed by atoms with Crippen LogP contribution in [-0.4, -0.2) is 24.0 Å². The molecule has 0 bridgehead atoms. The number of methoxy groups -OCH3 is 1. The Morgan fingerprint density at radius 1 is 1.07 bits per heavy atom. The van der Waals surface area contributed by atoms with Gasteiger partial charge >= 0.3 is 5.97 Å². The fourth-order valence-corrected chi connectivity index (χ4v) is 3.45. The van der Waals surface area contributed by atoms with Crippen LogP contribution < -0.4 is 5.32 Å². The van der Waals surface area contributed by atoms with E-state index in [-0.39, 0.29) is 18.9 Å². The van der Waals surface area contributed by atoms with Gasteiger partial charge < -0.3 is 14.8 Å². The Bertz CT molecular complexity index is 982. The van der Waals surface area contributed by atoms with Crippen LogP contribution in [-0.2, 0) is 33.9 Å². The molecule has 0 radical (unpaired) electrons. The number of hydrogen-bond acceptors (Lipinski definition) is 6. The lowest BCUT2D eigenvalue weighted by atomic mass is 10.1. The Balaban J connectivity index is 1.50. The smallest absolute Gasteiger partial charge is 0.338 e. The number of hydrogen-bond donors (Lipinski definition) is 1. The maximum Gasteiger partial charge on any atom is 0.338 e. The van der Waals surface area contributed by atoms with Crippen LogP contribution in [0.2, 0.25) is 0 Å². The molecule has 0 unspecified atom stereocenters. The number of para-hydroxylation sites is 1. The third-order valence-corrected chi connectivity index (χ3v) is 5.08.